The fourth-order valence-corrected chi connectivity index (χ4v) is 3.03. The molecule has 0 unspecified atom stereocenters. The normalized spacial score (nSPS) is 17.2. The molecule has 0 saturated carbocycles. The molecule has 0 atom stereocenters. The summed E-state index contributed by atoms with van der Waals surface area (Å²) in [6.45, 7) is 8.86. The van der Waals surface area contributed by atoms with Crippen LogP contribution >= 0.6 is 0 Å². The second-order valence-electron chi connectivity index (χ2n) is 6.65. The first-order valence-corrected chi connectivity index (χ1v) is 7.39. The second kappa shape index (κ2) is 4.69. The van der Waals surface area contributed by atoms with Gasteiger partial charge in [0.1, 0.15) is 12.0 Å². The molecule has 2 heterocycles. The van der Waals surface area contributed by atoms with Crippen molar-refractivity contribution in [3.05, 3.63) is 29.3 Å². The van der Waals surface area contributed by atoms with Gasteiger partial charge in [0.25, 0.3) is 0 Å². The number of fused-ring (bicyclic) bond motifs is 1. The van der Waals surface area contributed by atoms with Crippen LogP contribution in [0.4, 0.5) is 0 Å². The van der Waals surface area contributed by atoms with Crippen LogP contribution in [0.1, 0.15) is 63.4 Å². The van der Waals surface area contributed by atoms with E-state index in [-0.39, 0.29) is 5.41 Å². The monoisotopic (exact) mass is 270 g/mol. The minimum atomic E-state index is 0.187. The highest BCUT2D eigenvalue weighted by molar-refractivity contribution is 5.61. The SMILES string of the molecule is CC(C)c1cc(-c2n[nH]c3c2CCCC3(C)C)ncn1. The van der Waals surface area contributed by atoms with Gasteiger partial charge >= 0.3 is 0 Å². The predicted molar refractivity (Wildman–Crippen MR) is 79.7 cm³/mol. The minimum Gasteiger partial charge on any atom is -0.281 e. The molecule has 1 aliphatic rings. The third-order valence-corrected chi connectivity index (χ3v) is 4.29. The van der Waals surface area contributed by atoms with Crippen molar-refractivity contribution in [3.8, 4) is 11.4 Å². The van der Waals surface area contributed by atoms with E-state index >= 15 is 0 Å². The van der Waals surface area contributed by atoms with Gasteiger partial charge in [-0.3, -0.25) is 5.10 Å². The molecule has 0 bridgehead atoms. The number of H-pyrrole nitrogens is 1. The standard InChI is InChI=1S/C16H22N4/c1-10(2)12-8-13(18-9-17-12)14-11-6-5-7-16(3,4)15(11)20-19-14/h8-10H,5-7H2,1-4H3,(H,19,20). The summed E-state index contributed by atoms with van der Waals surface area (Å²) in [5.41, 5.74) is 5.84. The molecule has 0 saturated heterocycles. The number of nitrogens with one attached hydrogen (secondary N) is 1. The molecule has 0 aromatic carbocycles. The van der Waals surface area contributed by atoms with Gasteiger partial charge in [-0.1, -0.05) is 27.7 Å². The Balaban J connectivity index is 2.08. The van der Waals surface area contributed by atoms with E-state index in [4.69, 9.17) is 0 Å². The molecule has 106 valence electrons. The molecule has 1 N–H and O–H groups in total. The lowest BCUT2D eigenvalue weighted by atomic mass is 9.76. The molecule has 0 fully saturated rings. The van der Waals surface area contributed by atoms with Crippen LogP contribution in [0.15, 0.2) is 12.4 Å². The van der Waals surface area contributed by atoms with Crippen LogP contribution in [0.5, 0.6) is 0 Å². The lowest BCUT2D eigenvalue weighted by Gasteiger charge is -2.29. The van der Waals surface area contributed by atoms with Gasteiger partial charge in [0.15, 0.2) is 0 Å². The Morgan fingerprint density at radius 2 is 2.05 bits per heavy atom. The summed E-state index contributed by atoms with van der Waals surface area (Å²) in [5, 5.41) is 7.80. The molecule has 2 aromatic rings. The van der Waals surface area contributed by atoms with Gasteiger partial charge in [0.2, 0.25) is 0 Å². The molecule has 0 amide bonds. The average Bonchev–Trinajstić information content (AvgIpc) is 2.84. The van der Waals surface area contributed by atoms with Crippen LogP contribution < -0.4 is 0 Å². The highest BCUT2D eigenvalue weighted by Crippen LogP contribution is 2.39. The van der Waals surface area contributed by atoms with Crippen molar-refractivity contribution in [2.45, 2.75) is 58.3 Å². The van der Waals surface area contributed by atoms with Crippen LogP contribution in [-0.2, 0) is 11.8 Å². The van der Waals surface area contributed by atoms with Crippen molar-refractivity contribution in [2.24, 2.45) is 0 Å². The number of rotatable bonds is 2. The van der Waals surface area contributed by atoms with E-state index in [1.807, 2.05) is 0 Å². The number of hydrogen-bond donors (Lipinski definition) is 1. The number of nitrogens with zero attached hydrogens (tertiary/aromatic N) is 3. The first kappa shape index (κ1) is 13.3. The van der Waals surface area contributed by atoms with Gasteiger partial charge in [0, 0.05) is 22.4 Å². The van der Waals surface area contributed by atoms with E-state index in [0.717, 1.165) is 23.5 Å². The van der Waals surface area contributed by atoms with Gasteiger partial charge in [-0.2, -0.15) is 5.10 Å². The van der Waals surface area contributed by atoms with Gasteiger partial charge in [-0.25, -0.2) is 9.97 Å². The average molecular weight is 270 g/mol. The molecule has 1 aliphatic carbocycles. The highest BCUT2D eigenvalue weighted by Gasteiger charge is 2.32. The molecule has 4 nitrogen and oxygen atoms in total. The smallest absolute Gasteiger partial charge is 0.116 e. The molecule has 0 aliphatic heterocycles. The third-order valence-electron chi connectivity index (χ3n) is 4.29. The minimum absolute atomic E-state index is 0.187. The quantitative estimate of drug-likeness (QED) is 0.907. The van der Waals surface area contributed by atoms with Crippen molar-refractivity contribution < 1.29 is 0 Å². The lowest BCUT2D eigenvalue weighted by Crippen LogP contribution is -2.23. The van der Waals surface area contributed by atoms with Crippen molar-refractivity contribution in [1.29, 1.82) is 0 Å². The summed E-state index contributed by atoms with van der Waals surface area (Å²) in [4.78, 5) is 8.77. The Hall–Kier alpha value is -1.71. The maximum Gasteiger partial charge on any atom is 0.116 e. The first-order chi connectivity index (χ1) is 9.49. The van der Waals surface area contributed by atoms with Gasteiger partial charge in [-0.05, 0) is 31.2 Å². The van der Waals surface area contributed by atoms with Crippen LogP contribution in [0.25, 0.3) is 11.4 Å². The fourth-order valence-electron chi connectivity index (χ4n) is 3.03. The summed E-state index contributed by atoms with van der Waals surface area (Å²) in [7, 11) is 0. The number of hydrogen-bond acceptors (Lipinski definition) is 3. The molecular weight excluding hydrogens is 248 g/mol. The molecule has 3 rings (SSSR count). The van der Waals surface area contributed by atoms with E-state index in [2.05, 4.69) is 53.9 Å². The zero-order chi connectivity index (χ0) is 14.3. The van der Waals surface area contributed by atoms with Crippen LogP contribution in [0.2, 0.25) is 0 Å². The van der Waals surface area contributed by atoms with Crippen molar-refractivity contribution >= 4 is 0 Å². The summed E-state index contributed by atoms with van der Waals surface area (Å²) in [5.74, 6) is 0.406. The van der Waals surface area contributed by atoms with Gasteiger partial charge in [-0.15, -0.1) is 0 Å². The molecule has 0 radical (unpaired) electrons. The van der Waals surface area contributed by atoms with E-state index in [0.29, 0.717) is 5.92 Å². The summed E-state index contributed by atoms with van der Waals surface area (Å²) in [6, 6.07) is 2.07. The number of aromatic nitrogens is 4. The maximum absolute atomic E-state index is 4.55. The van der Waals surface area contributed by atoms with Crippen molar-refractivity contribution in [2.75, 3.05) is 0 Å². The Kier molecular flexibility index (Phi) is 3.11. The second-order valence-corrected chi connectivity index (χ2v) is 6.65. The van der Waals surface area contributed by atoms with Gasteiger partial charge in [0.05, 0.1) is 5.69 Å². The lowest BCUT2D eigenvalue weighted by molar-refractivity contribution is 0.420. The molecular formula is C16H22N4. The Morgan fingerprint density at radius 3 is 2.80 bits per heavy atom. The van der Waals surface area contributed by atoms with E-state index < -0.39 is 0 Å². The zero-order valence-electron chi connectivity index (χ0n) is 12.7. The molecule has 20 heavy (non-hydrogen) atoms. The van der Waals surface area contributed by atoms with Crippen LogP contribution in [0.3, 0.4) is 0 Å². The van der Waals surface area contributed by atoms with E-state index in [9.17, 15) is 0 Å². The Morgan fingerprint density at radius 1 is 1.25 bits per heavy atom. The van der Waals surface area contributed by atoms with Crippen LogP contribution in [-0.4, -0.2) is 20.2 Å². The summed E-state index contributed by atoms with van der Waals surface area (Å²) in [6.07, 6.45) is 5.17. The van der Waals surface area contributed by atoms with Crippen LogP contribution in [0, 0.1) is 0 Å². The van der Waals surface area contributed by atoms with Crippen molar-refractivity contribution in [1.82, 2.24) is 20.2 Å². The molecule has 0 spiro atoms. The Bertz CT molecular complexity index is 625. The molecule has 2 aromatic heterocycles. The zero-order valence-corrected chi connectivity index (χ0v) is 12.7. The molecule has 4 heteroatoms. The summed E-state index contributed by atoms with van der Waals surface area (Å²) < 4.78 is 0. The van der Waals surface area contributed by atoms with E-state index in [1.165, 1.54) is 24.1 Å². The topological polar surface area (TPSA) is 54.5 Å². The fraction of sp³-hybridized carbons (Fsp3) is 0.562. The summed E-state index contributed by atoms with van der Waals surface area (Å²) >= 11 is 0. The van der Waals surface area contributed by atoms with Gasteiger partial charge < -0.3 is 0 Å². The Labute approximate surface area is 120 Å². The highest BCUT2D eigenvalue weighted by atomic mass is 15.1. The largest absolute Gasteiger partial charge is 0.281 e. The predicted octanol–water partition coefficient (Wildman–Crippen LogP) is 3.60. The third kappa shape index (κ3) is 2.13. The maximum atomic E-state index is 4.55. The van der Waals surface area contributed by atoms with E-state index in [1.54, 1.807) is 6.33 Å². The number of aromatic amines is 1. The first-order valence-electron chi connectivity index (χ1n) is 7.39. The van der Waals surface area contributed by atoms with Crippen molar-refractivity contribution in [3.63, 3.8) is 0 Å².